The standard InChI is InChI=1S/C32H49N5O12S/c1-2-3-17-34-23-13-10-21(11-14-23)31(44)35-18-5-4-7-25(30(33)43)37-28(40)15-12-22(32(45)46)20-26(38)24(16-19-50(47,48)49)36-27(39)8-6-9-29(41)42/h10-11,13-14,22,24-25,34H,2-9,12,15-20H2,1H3,(H2,33,43)(H,35,44)(H,36,39)(H,37,40)(H,41,42)(H,45,46)(H,47,48,49)/t22-,24+,25+/m1/s1. The summed E-state index contributed by atoms with van der Waals surface area (Å²) in [5, 5.41) is 29.1. The molecule has 0 aliphatic carbocycles. The molecule has 0 spiro atoms. The predicted molar refractivity (Wildman–Crippen MR) is 182 cm³/mol. The molecule has 1 aromatic rings. The third-order valence-electron chi connectivity index (χ3n) is 7.59. The number of carboxylic acid groups (broad SMARTS) is 2. The number of Topliss-reactive ketones (excluding diaryl/α,β-unsaturated/α-hetero) is 1. The monoisotopic (exact) mass is 727 g/mol. The number of anilines is 1. The minimum absolute atomic E-state index is 0.0669. The van der Waals surface area contributed by atoms with Crippen molar-refractivity contribution in [1.82, 2.24) is 16.0 Å². The van der Waals surface area contributed by atoms with E-state index in [-0.39, 0.29) is 38.0 Å². The summed E-state index contributed by atoms with van der Waals surface area (Å²) in [4.78, 5) is 84.7. The van der Waals surface area contributed by atoms with Gasteiger partial charge in [0.25, 0.3) is 16.0 Å². The molecule has 0 unspecified atom stereocenters. The van der Waals surface area contributed by atoms with Gasteiger partial charge in [0.1, 0.15) is 6.04 Å². The van der Waals surface area contributed by atoms with Crippen molar-refractivity contribution in [2.45, 2.75) is 96.1 Å². The molecule has 0 aromatic heterocycles. The first-order valence-corrected chi connectivity index (χ1v) is 18.1. The summed E-state index contributed by atoms with van der Waals surface area (Å²) in [6.45, 7) is 3.24. The fourth-order valence-electron chi connectivity index (χ4n) is 4.73. The molecule has 0 heterocycles. The Morgan fingerprint density at radius 3 is 2.00 bits per heavy atom. The molecule has 0 bridgehead atoms. The van der Waals surface area contributed by atoms with Crippen LogP contribution in [-0.4, -0.2) is 95.5 Å². The number of aliphatic carboxylic acids is 2. The molecule has 18 heteroatoms. The number of hydrogen-bond donors (Lipinski definition) is 8. The van der Waals surface area contributed by atoms with Gasteiger partial charge in [0.15, 0.2) is 5.78 Å². The van der Waals surface area contributed by atoms with E-state index in [0.29, 0.717) is 24.9 Å². The lowest BCUT2D eigenvalue weighted by atomic mass is 9.93. The van der Waals surface area contributed by atoms with Crippen LogP contribution in [0, 0.1) is 5.92 Å². The van der Waals surface area contributed by atoms with Gasteiger partial charge in [-0.2, -0.15) is 8.42 Å². The smallest absolute Gasteiger partial charge is 0.306 e. The van der Waals surface area contributed by atoms with Gasteiger partial charge in [0.05, 0.1) is 17.7 Å². The van der Waals surface area contributed by atoms with Crippen molar-refractivity contribution in [1.29, 1.82) is 0 Å². The molecule has 50 heavy (non-hydrogen) atoms. The number of unbranched alkanes of at least 4 members (excludes halogenated alkanes) is 2. The Morgan fingerprint density at radius 1 is 0.780 bits per heavy atom. The maximum Gasteiger partial charge on any atom is 0.306 e. The molecular formula is C32H49N5O12S. The van der Waals surface area contributed by atoms with Crippen LogP contribution in [0.2, 0.25) is 0 Å². The van der Waals surface area contributed by atoms with Crippen molar-refractivity contribution in [3.63, 3.8) is 0 Å². The average molecular weight is 728 g/mol. The van der Waals surface area contributed by atoms with Gasteiger partial charge in [-0.15, -0.1) is 0 Å². The molecule has 0 saturated carbocycles. The Hall–Kier alpha value is -4.58. The molecule has 0 saturated heterocycles. The maximum atomic E-state index is 12.9. The number of carbonyl (C=O) groups is 7. The maximum absolute atomic E-state index is 12.9. The van der Waals surface area contributed by atoms with Crippen LogP contribution < -0.4 is 27.0 Å². The van der Waals surface area contributed by atoms with E-state index >= 15 is 0 Å². The zero-order valence-electron chi connectivity index (χ0n) is 28.1. The molecule has 3 atom stereocenters. The fraction of sp³-hybridized carbons (Fsp3) is 0.594. The first kappa shape index (κ1) is 43.4. The summed E-state index contributed by atoms with van der Waals surface area (Å²) < 4.78 is 31.5. The molecule has 280 valence electrons. The van der Waals surface area contributed by atoms with E-state index in [0.717, 1.165) is 25.1 Å². The van der Waals surface area contributed by atoms with E-state index in [1.807, 2.05) is 12.1 Å². The molecule has 0 fully saturated rings. The minimum Gasteiger partial charge on any atom is -0.481 e. The topological polar surface area (TPSA) is 288 Å². The lowest BCUT2D eigenvalue weighted by Crippen LogP contribution is -2.45. The van der Waals surface area contributed by atoms with E-state index in [1.54, 1.807) is 12.1 Å². The Bertz CT molecular complexity index is 1420. The van der Waals surface area contributed by atoms with Gasteiger partial charge in [-0.3, -0.25) is 38.1 Å². The number of carboxylic acids is 2. The highest BCUT2D eigenvalue weighted by atomic mass is 32.2. The summed E-state index contributed by atoms with van der Waals surface area (Å²) >= 11 is 0. The van der Waals surface area contributed by atoms with Crippen LogP contribution in [0.1, 0.15) is 94.3 Å². The number of amides is 4. The Balaban J connectivity index is 2.61. The SMILES string of the molecule is CCCCNc1ccc(C(=O)NCCCC[C@H](NC(=O)CC[C@H](CC(=O)[C@H](CCS(=O)(=O)O)NC(=O)CCCC(=O)O)C(=O)O)C(N)=O)cc1. The second-order valence-electron chi connectivity index (χ2n) is 11.8. The van der Waals surface area contributed by atoms with Crippen molar-refractivity contribution < 1.29 is 56.7 Å². The van der Waals surface area contributed by atoms with Crippen molar-refractivity contribution in [2.24, 2.45) is 11.7 Å². The number of nitrogens with one attached hydrogen (secondary N) is 4. The summed E-state index contributed by atoms with van der Waals surface area (Å²) in [7, 11) is -4.54. The minimum atomic E-state index is -4.54. The number of primary amides is 1. The molecule has 1 rings (SSSR count). The van der Waals surface area contributed by atoms with Crippen LogP contribution in [0.15, 0.2) is 24.3 Å². The highest BCUT2D eigenvalue weighted by molar-refractivity contribution is 7.85. The summed E-state index contributed by atoms with van der Waals surface area (Å²) in [6, 6.07) is 4.49. The Kier molecular flexibility index (Phi) is 19.9. The largest absolute Gasteiger partial charge is 0.481 e. The average Bonchev–Trinajstić information content (AvgIpc) is 3.03. The fourth-order valence-corrected chi connectivity index (χ4v) is 5.26. The number of hydrogen-bond acceptors (Lipinski definition) is 10. The second-order valence-corrected chi connectivity index (χ2v) is 13.4. The molecule has 4 amide bonds. The van der Waals surface area contributed by atoms with Crippen LogP contribution in [0.5, 0.6) is 0 Å². The van der Waals surface area contributed by atoms with E-state index in [1.165, 1.54) is 0 Å². The van der Waals surface area contributed by atoms with Gasteiger partial charge >= 0.3 is 11.9 Å². The van der Waals surface area contributed by atoms with Gasteiger partial charge in [-0.05, 0) is 69.2 Å². The first-order valence-electron chi connectivity index (χ1n) is 16.4. The Labute approximate surface area is 291 Å². The number of benzene rings is 1. The lowest BCUT2D eigenvalue weighted by Gasteiger charge is -2.20. The number of ketones is 1. The third kappa shape index (κ3) is 19.4. The number of nitrogens with two attached hydrogens (primary N) is 1. The second kappa shape index (κ2) is 22.9. The van der Waals surface area contributed by atoms with Crippen molar-refractivity contribution in [3.8, 4) is 0 Å². The van der Waals surface area contributed by atoms with Gasteiger partial charge in [0.2, 0.25) is 17.7 Å². The van der Waals surface area contributed by atoms with E-state index in [4.69, 9.17) is 15.4 Å². The van der Waals surface area contributed by atoms with Gasteiger partial charge in [-0.1, -0.05) is 13.3 Å². The highest BCUT2D eigenvalue weighted by Crippen LogP contribution is 2.16. The van der Waals surface area contributed by atoms with E-state index in [2.05, 4.69) is 28.2 Å². The number of carbonyl (C=O) groups excluding carboxylic acids is 5. The van der Waals surface area contributed by atoms with Gasteiger partial charge in [0, 0.05) is 50.0 Å². The molecule has 17 nitrogen and oxygen atoms in total. The van der Waals surface area contributed by atoms with Crippen LogP contribution in [-0.2, 0) is 38.9 Å². The van der Waals surface area contributed by atoms with Crippen molar-refractivity contribution in [3.05, 3.63) is 29.8 Å². The van der Waals surface area contributed by atoms with Crippen LogP contribution in [0.4, 0.5) is 5.69 Å². The van der Waals surface area contributed by atoms with Gasteiger partial charge in [-0.25, -0.2) is 0 Å². The molecule has 0 aliphatic heterocycles. The molecule has 9 N–H and O–H groups in total. The normalized spacial score (nSPS) is 12.9. The predicted octanol–water partition coefficient (Wildman–Crippen LogP) is 1.23. The van der Waals surface area contributed by atoms with Gasteiger partial charge < -0.3 is 37.2 Å². The van der Waals surface area contributed by atoms with Crippen molar-refractivity contribution >= 4 is 57.2 Å². The first-order chi connectivity index (χ1) is 23.5. The van der Waals surface area contributed by atoms with Crippen LogP contribution in [0.3, 0.4) is 0 Å². The molecule has 0 aliphatic rings. The lowest BCUT2D eigenvalue weighted by molar-refractivity contribution is -0.144. The highest BCUT2D eigenvalue weighted by Gasteiger charge is 2.29. The van der Waals surface area contributed by atoms with Crippen molar-refractivity contribution in [2.75, 3.05) is 24.2 Å². The van der Waals surface area contributed by atoms with Crippen LogP contribution in [0.25, 0.3) is 0 Å². The molecular weight excluding hydrogens is 678 g/mol. The summed E-state index contributed by atoms with van der Waals surface area (Å²) in [5.74, 6) is -8.36. The summed E-state index contributed by atoms with van der Waals surface area (Å²) in [5.41, 5.74) is 6.83. The third-order valence-corrected chi connectivity index (χ3v) is 8.34. The zero-order valence-corrected chi connectivity index (χ0v) is 29.0. The van der Waals surface area contributed by atoms with Crippen LogP contribution >= 0.6 is 0 Å². The van der Waals surface area contributed by atoms with E-state index < -0.39 is 88.6 Å². The molecule has 1 aromatic carbocycles. The summed E-state index contributed by atoms with van der Waals surface area (Å²) in [6.07, 6.45) is 0.416. The molecule has 0 radical (unpaired) electrons. The number of rotatable bonds is 27. The Morgan fingerprint density at radius 2 is 1.42 bits per heavy atom. The zero-order chi connectivity index (χ0) is 37.7. The quantitative estimate of drug-likeness (QED) is 0.0468. The van der Waals surface area contributed by atoms with E-state index in [9.17, 15) is 47.1 Å².